The van der Waals surface area contributed by atoms with Crippen LogP contribution in [-0.2, 0) is 21.0 Å². The van der Waals surface area contributed by atoms with Crippen molar-refractivity contribution in [3.05, 3.63) is 84.2 Å². The minimum Gasteiger partial charge on any atom is -0.323 e. The average molecular weight is 449 g/mol. The molecule has 1 heterocycles. The van der Waals surface area contributed by atoms with Crippen molar-refractivity contribution in [2.24, 2.45) is 0 Å². The molecule has 2 aromatic carbocycles. The third kappa shape index (κ3) is 5.40. The third-order valence-electron chi connectivity index (χ3n) is 4.30. The van der Waals surface area contributed by atoms with Crippen molar-refractivity contribution >= 4 is 27.3 Å². The molecule has 0 spiro atoms. The number of amides is 1. The van der Waals surface area contributed by atoms with Crippen LogP contribution in [-0.4, -0.2) is 25.9 Å². The Morgan fingerprint density at radius 3 is 2.39 bits per heavy atom. The first kappa shape index (κ1) is 22.3. The number of hydrogen-bond acceptors (Lipinski definition) is 4. The average Bonchev–Trinajstić information content (AvgIpc) is 2.72. The van der Waals surface area contributed by atoms with E-state index in [0.29, 0.717) is 16.1 Å². The van der Waals surface area contributed by atoms with Gasteiger partial charge < -0.3 is 5.32 Å². The molecule has 1 aromatic heterocycles. The zero-order chi connectivity index (χ0) is 22.6. The van der Waals surface area contributed by atoms with Crippen LogP contribution in [0, 0.1) is 6.92 Å². The normalized spacial score (nSPS) is 11.7. The molecule has 3 aromatic rings. The molecule has 0 aliphatic carbocycles. The number of aryl methyl sites for hydroxylation is 1. The molecule has 3 rings (SSSR count). The van der Waals surface area contributed by atoms with Gasteiger partial charge in [0.25, 0.3) is 10.0 Å². The van der Waals surface area contributed by atoms with Crippen molar-refractivity contribution in [2.45, 2.75) is 18.0 Å². The summed E-state index contributed by atoms with van der Waals surface area (Å²) in [4.78, 5) is 16.2. The summed E-state index contributed by atoms with van der Waals surface area (Å²) in [5, 5.41) is 2.49. The Kier molecular flexibility index (Phi) is 6.30. The number of rotatable bonds is 6. The second-order valence-corrected chi connectivity index (χ2v) is 8.53. The summed E-state index contributed by atoms with van der Waals surface area (Å²) in [7, 11) is -4.33. The van der Waals surface area contributed by atoms with Crippen molar-refractivity contribution in [3.8, 4) is 0 Å². The van der Waals surface area contributed by atoms with Crippen molar-refractivity contribution in [2.75, 3.05) is 16.2 Å². The standard InChI is InChI=1S/C21H18F3N3O3S/c1-15-7-9-19(10-8-15)31(29,30)27(14-20(28)26-17-5-3-11-25-13-17)18-6-2-4-16(12-18)21(22,23)24/h2-13H,14H2,1H3,(H,26,28). The van der Waals surface area contributed by atoms with Gasteiger partial charge in [0.05, 0.1) is 28.0 Å². The first-order valence-corrected chi connectivity index (χ1v) is 10.5. The first-order valence-electron chi connectivity index (χ1n) is 9.04. The van der Waals surface area contributed by atoms with E-state index in [4.69, 9.17) is 0 Å². The molecule has 0 saturated heterocycles. The van der Waals surface area contributed by atoms with Crippen LogP contribution in [0.1, 0.15) is 11.1 Å². The Balaban J connectivity index is 2.01. The van der Waals surface area contributed by atoms with Crippen LogP contribution < -0.4 is 9.62 Å². The Bertz CT molecular complexity index is 1170. The van der Waals surface area contributed by atoms with E-state index in [1.165, 1.54) is 30.6 Å². The van der Waals surface area contributed by atoms with E-state index < -0.39 is 34.2 Å². The fourth-order valence-corrected chi connectivity index (χ4v) is 4.17. The smallest absolute Gasteiger partial charge is 0.323 e. The van der Waals surface area contributed by atoms with Gasteiger partial charge in [-0.1, -0.05) is 23.8 Å². The Labute approximate surface area is 177 Å². The number of hydrogen-bond donors (Lipinski definition) is 1. The van der Waals surface area contributed by atoms with Crippen molar-refractivity contribution < 1.29 is 26.4 Å². The molecule has 31 heavy (non-hydrogen) atoms. The number of benzene rings is 2. The molecule has 10 heteroatoms. The fourth-order valence-electron chi connectivity index (χ4n) is 2.76. The van der Waals surface area contributed by atoms with Gasteiger partial charge in [0.15, 0.2) is 0 Å². The summed E-state index contributed by atoms with van der Waals surface area (Å²) >= 11 is 0. The quantitative estimate of drug-likeness (QED) is 0.611. The van der Waals surface area contributed by atoms with Gasteiger partial charge in [0, 0.05) is 6.20 Å². The number of aromatic nitrogens is 1. The van der Waals surface area contributed by atoms with E-state index in [1.54, 1.807) is 31.2 Å². The van der Waals surface area contributed by atoms with Crippen LogP contribution in [0.5, 0.6) is 0 Å². The maximum Gasteiger partial charge on any atom is 0.416 e. The van der Waals surface area contributed by atoms with Gasteiger partial charge in [-0.2, -0.15) is 13.2 Å². The summed E-state index contributed by atoms with van der Waals surface area (Å²) in [5.74, 6) is -0.735. The zero-order valence-corrected chi connectivity index (χ0v) is 17.1. The molecule has 0 unspecified atom stereocenters. The maximum absolute atomic E-state index is 13.2. The largest absolute Gasteiger partial charge is 0.416 e. The highest BCUT2D eigenvalue weighted by molar-refractivity contribution is 7.92. The minimum atomic E-state index is -4.67. The highest BCUT2D eigenvalue weighted by atomic mass is 32.2. The molecule has 0 fully saturated rings. The molecule has 0 aliphatic heterocycles. The van der Waals surface area contributed by atoms with Crippen molar-refractivity contribution in [3.63, 3.8) is 0 Å². The number of pyridine rings is 1. The summed E-state index contributed by atoms with van der Waals surface area (Å²) in [6, 6.07) is 12.7. The van der Waals surface area contributed by atoms with E-state index in [-0.39, 0.29) is 10.6 Å². The van der Waals surface area contributed by atoms with E-state index >= 15 is 0 Å². The van der Waals surface area contributed by atoms with Crippen LogP contribution in [0.2, 0.25) is 0 Å². The monoisotopic (exact) mass is 449 g/mol. The number of carbonyl (C=O) groups is 1. The number of anilines is 2. The lowest BCUT2D eigenvalue weighted by atomic mass is 10.2. The number of carbonyl (C=O) groups excluding carboxylic acids is 1. The summed E-state index contributed by atoms with van der Waals surface area (Å²) in [5.41, 5.74) is -0.179. The fraction of sp³-hybridized carbons (Fsp3) is 0.143. The molecule has 6 nitrogen and oxygen atoms in total. The second-order valence-electron chi connectivity index (χ2n) is 6.66. The van der Waals surface area contributed by atoms with Crippen molar-refractivity contribution in [1.82, 2.24) is 4.98 Å². The van der Waals surface area contributed by atoms with E-state index in [9.17, 15) is 26.4 Å². The molecule has 0 atom stereocenters. The summed E-state index contributed by atoms with van der Waals surface area (Å²) in [6.07, 6.45) is -1.82. The lowest BCUT2D eigenvalue weighted by Gasteiger charge is -2.25. The molecule has 1 amide bonds. The predicted octanol–water partition coefficient (Wildman–Crippen LogP) is 4.24. The van der Waals surface area contributed by atoms with E-state index in [2.05, 4.69) is 10.3 Å². The van der Waals surface area contributed by atoms with Crippen molar-refractivity contribution in [1.29, 1.82) is 0 Å². The van der Waals surface area contributed by atoms with Gasteiger partial charge >= 0.3 is 6.18 Å². The SMILES string of the molecule is Cc1ccc(S(=O)(=O)N(CC(=O)Nc2cccnc2)c2cccc(C(F)(F)F)c2)cc1. The Hall–Kier alpha value is -3.40. The lowest BCUT2D eigenvalue weighted by molar-refractivity contribution is -0.137. The number of sulfonamides is 1. The third-order valence-corrected chi connectivity index (χ3v) is 6.09. The number of halogens is 3. The molecular formula is C21H18F3N3O3S. The summed E-state index contributed by atoms with van der Waals surface area (Å²) < 4.78 is 66.7. The Morgan fingerprint density at radius 2 is 1.77 bits per heavy atom. The summed E-state index contributed by atoms with van der Waals surface area (Å²) in [6.45, 7) is 1.04. The van der Waals surface area contributed by atoms with Gasteiger partial charge in [-0.15, -0.1) is 0 Å². The van der Waals surface area contributed by atoms with E-state index in [1.807, 2.05) is 0 Å². The minimum absolute atomic E-state index is 0.148. The number of nitrogens with zero attached hydrogens (tertiary/aromatic N) is 2. The van der Waals surface area contributed by atoms with Crippen LogP contribution in [0.4, 0.5) is 24.5 Å². The lowest BCUT2D eigenvalue weighted by Crippen LogP contribution is -2.38. The van der Waals surface area contributed by atoms with Crippen LogP contribution in [0.3, 0.4) is 0 Å². The van der Waals surface area contributed by atoms with Crippen LogP contribution in [0.25, 0.3) is 0 Å². The highest BCUT2D eigenvalue weighted by Crippen LogP contribution is 2.33. The first-order chi connectivity index (χ1) is 14.6. The molecule has 0 saturated carbocycles. The van der Waals surface area contributed by atoms with Gasteiger partial charge in [-0.05, 0) is 49.4 Å². The molecule has 0 aliphatic rings. The van der Waals surface area contributed by atoms with Crippen LogP contribution >= 0.6 is 0 Å². The molecule has 0 bridgehead atoms. The predicted molar refractivity (Wildman–Crippen MR) is 110 cm³/mol. The second kappa shape index (κ2) is 8.76. The molecule has 1 N–H and O–H groups in total. The van der Waals surface area contributed by atoms with Gasteiger partial charge in [-0.3, -0.25) is 14.1 Å². The maximum atomic E-state index is 13.2. The van der Waals surface area contributed by atoms with Gasteiger partial charge in [0.2, 0.25) is 5.91 Å². The highest BCUT2D eigenvalue weighted by Gasteiger charge is 2.33. The molecular weight excluding hydrogens is 431 g/mol. The number of alkyl halides is 3. The topological polar surface area (TPSA) is 79.4 Å². The zero-order valence-electron chi connectivity index (χ0n) is 16.3. The molecule has 162 valence electrons. The number of nitrogens with one attached hydrogen (secondary N) is 1. The van der Waals surface area contributed by atoms with Gasteiger partial charge in [-0.25, -0.2) is 8.42 Å². The Morgan fingerprint density at radius 1 is 1.06 bits per heavy atom. The molecule has 0 radical (unpaired) electrons. The van der Waals surface area contributed by atoms with Gasteiger partial charge in [0.1, 0.15) is 6.54 Å². The van der Waals surface area contributed by atoms with E-state index in [0.717, 1.165) is 17.7 Å². The van der Waals surface area contributed by atoms with Crippen LogP contribution in [0.15, 0.2) is 78.0 Å².